The van der Waals surface area contributed by atoms with Crippen molar-refractivity contribution in [3.05, 3.63) is 36.0 Å². The van der Waals surface area contributed by atoms with Gasteiger partial charge in [-0.2, -0.15) is 0 Å². The van der Waals surface area contributed by atoms with Crippen LogP contribution in [0.5, 0.6) is 0 Å². The monoisotopic (exact) mass is 846 g/mol. The van der Waals surface area contributed by atoms with Crippen molar-refractivity contribution in [1.29, 1.82) is 0 Å². The van der Waals surface area contributed by atoms with Gasteiger partial charge in [0.1, 0.15) is 12.2 Å². The molecule has 4 aliphatic rings. The maximum absolute atomic E-state index is 13.4. The van der Waals surface area contributed by atoms with Gasteiger partial charge in [-0.1, -0.05) is 77.7 Å². The molecule has 1 unspecified atom stereocenters. The maximum atomic E-state index is 13.4. The molecule has 0 saturated carbocycles. The molecule has 15 heteroatoms. The number of aliphatic hydroxyl groups excluding tert-OH is 2. The Balaban J connectivity index is 1.82. The van der Waals surface area contributed by atoms with Crippen molar-refractivity contribution in [2.45, 2.75) is 192 Å². The van der Waals surface area contributed by atoms with Crippen LogP contribution in [-0.4, -0.2) is 118 Å². The number of unbranched alkanes of at least 4 members (excludes halogenated alkanes) is 3. The van der Waals surface area contributed by atoms with Crippen molar-refractivity contribution < 1.29 is 72.8 Å². The van der Waals surface area contributed by atoms with Crippen molar-refractivity contribution in [1.82, 2.24) is 0 Å². The molecule has 60 heavy (non-hydrogen) atoms. The SMILES string of the molecule is C=C1C[C@H]2C[C@]3(O)O[C@H](C[C@H](O)CC(=O)OC([C@@H](C)O)C[C@@H]4C/C(=C\C(=O)OC)[C@H](OC(=O)C#CCCCCC)[C@@](O)(O4)C(C)(C)/C=C/[C@@H](C1)O2)C[C@H](OC(C)=O)C3(C)C. The van der Waals surface area contributed by atoms with E-state index >= 15 is 0 Å². The van der Waals surface area contributed by atoms with Gasteiger partial charge in [0.05, 0.1) is 55.6 Å². The lowest BCUT2D eigenvalue weighted by Gasteiger charge is -2.53. The highest BCUT2D eigenvalue weighted by atomic mass is 16.7. The molecule has 6 bridgehead atoms. The summed E-state index contributed by atoms with van der Waals surface area (Å²) in [6.07, 6.45) is -1.91. The second-order valence-corrected chi connectivity index (χ2v) is 17.8. The van der Waals surface area contributed by atoms with E-state index in [-0.39, 0.29) is 37.7 Å². The second-order valence-electron chi connectivity index (χ2n) is 17.8. The molecule has 0 aromatic rings. The Kier molecular flexibility index (Phi) is 16.8. The van der Waals surface area contributed by atoms with Gasteiger partial charge in [-0.3, -0.25) is 9.59 Å². The Morgan fingerprint density at radius 2 is 1.72 bits per heavy atom. The van der Waals surface area contributed by atoms with E-state index in [1.54, 1.807) is 39.8 Å². The Morgan fingerprint density at radius 3 is 2.37 bits per heavy atom. The van der Waals surface area contributed by atoms with E-state index in [0.717, 1.165) is 30.9 Å². The van der Waals surface area contributed by atoms with Crippen LogP contribution in [-0.2, 0) is 52.3 Å². The first-order valence-corrected chi connectivity index (χ1v) is 21.0. The number of aliphatic hydroxyl groups is 4. The fraction of sp³-hybridized carbons (Fsp3) is 0.733. The predicted octanol–water partition coefficient (Wildman–Crippen LogP) is 4.41. The van der Waals surface area contributed by atoms with E-state index in [0.29, 0.717) is 19.3 Å². The average molecular weight is 847 g/mol. The largest absolute Gasteiger partial charge is 0.466 e. The lowest BCUT2D eigenvalue weighted by atomic mass is 9.70. The number of esters is 4. The minimum Gasteiger partial charge on any atom is -0.466 e. The van der Waals surface area contributed by atoms with Crippen LogP contribution in [0.25, 0.3) is 0 Å². The fourth-order valence-corrected chi connectivity index (χ4v) is 8.39. The normalized spacial score (nSPS) is 36.3. The summed E-state index contributed by atoms with van der Waals surface area (Å²) in [7, 11) is 1.18. The third kappa shape index (κ3) is 12.3. The number of ether oxygens (including phenoxy) is 7. The molecule has 4 heterocycles. The van der Waals surface area contributed by atoms with Gasteiger partial charge in [0, 0.05) is 56.4 Å². The van der Waals surface area contributed by atoms with Crippen molar-refractivity contribution in [3.8, 4) is 11.8 Å². The first-order valence-electron chi connectivity index (χ1n) is 21.0. The minimum atomic E-state index is -2.41. The van der Waals surface area contributed by atoms with Crippen LogP contribution in [0.1, 0.15) is 126 Å². The van der Waals surface area contributed by atoms with Gasteiger partial charge < -0.3 is 53.6 Å². The molecule has 4 aliphatic heterocycles. The van der Waals surface area contributed by atoms with Crippen LogP contribution < -0.4 is 0 Å². The van der Waals surface area contributed by atoms with E-state index in [1.807, 2.05) is 6.92 Å². The first-order chi connectivity index (χ1) is 28.0. The van der Waals surface area contributed by atoms with Crippen molar-refractivity contribution in [3.63, 3.8) is 0 Å². The van der Waals surface area contributed by atoms with Gasteiger partial charge in [0.2, 0.25) is 5.79 Å². The standard InChI is InChI=1S/C45H66O15/c1-10-11-12-13-14-15-38(49)58-41-30(21-39(50)54-9)20-33-24-36(28(3)46)57-40(51)23-31(48)22-34-25-37(55-29(4)47)43(7,8)44(52,59-34)26-35-19-27(2)18-32(56-35)16-17-42(5,6)45(41,53)60-33/h16-17,21,28,31-37,41,46,48,52-53H,2,10-13,18-20,22-26H2,1,3-9H3/b17-16+,30-21+/t28-,31+,32+,33+,34-,35+,36?,37+,41+,44+,45-/m1/s1. The summed E-state index contributed by atoms with van der Waals surface area (Å²) in [4.78, 5) is 51.7. The smallest absolute Gasteiger partial charge is 0.385 e. The molecular formula is C45H66O15. The topological polar surface area (TPSA) is 214 Å². The molecule has 336 valence electrons. The van der Waals surface area contributed by atoms with Gasteiger partial charge in [0.25, 0.3) is 0 Å². The van der Waals surface area contributed by atoms with E-state index in [9.17, 15) is 39.6 Å². The number of rotatable bonds is 7. The highest BCUT2D eigenvalue weighted by molar-refractivity contribution is 5.89. The van der Waals surface area contributed by atoms with Crippen LogP contribution in [0.3, 0.4) is 0 Å². The molecule has 4 N–H and O–H groups in total. The number of carbonyl (C=O) groups excluding carboxylic acids is 4. The Hall–Kier alpha value is -3.62. The number of methoxy groups -OCH3 is 1. The summed E-state index contributed by atoms with van der Waals surface area (Å²) in [5.41, 5.74) is -1.65. The van der Waals surface area contributed by atoms with E-state index in [4.69, 9.17) is 33.2 Å². The Bertz CT molecular complexity index is 1690. The number of carbonyl (C=O) groups is 4. The lowest BCUT2D eigenvalue weighted by molar-refractivity contribution is -0.348. The zero-order valence-corrected chi connectivity index (χ0v) is 36.4. The van der Waals surface area contributed by atoms with Crippen LogP contribution in [0, 0.1) is 22.7 Å². The quantitative estimate of drug-likeness (QED) is 0.0532. The maximum Gasteiger partial charge on any atom is 0.385 e. The van der Waals surface area contributed by atoms with Gasteiger partial charge in [-0.25, -0.2) is 9.59 Å². The predicted molar refractivity (Wildman–Crippen MR) is 216 cm³/mol. The molecule has 11 atom stereocenters. The number of fused-ring (bicyclic) bond motifs is 6. The third-order valence-electron chi connectivity index (χ3n) is 12.1. The van der Waals surface area contributed by atoms with Crippen LogP contribution >= 0.6 is 0 Å². The summed E-state index contributed by atoms with van der Waals surface area (Å²) in [5, 5.41) is 47.2. The zero-order chi connectivity index (χ0) is 44.6. The van der Waals surface area contributed by atoms with Crippen molar-refractivity contribution in [2.75, 3.05) is 7.11 Å². The highest BCUT2D eigenvalue weighted by Crippen LogP contribution is 2.50. The summed E-state index contributed by atoms with van der Waals surface area (Å²) in [6.45, 7) is 15.7. The molecule has 3 fully saturated rings. The minimum absolute atomic E-state index is 0.0802. The number of cyclic esters (lactones) is 1. The Labute approximate surface area is 353 Å². The van der Waals surface area contributed by atoms with E-state index in [1.165, 1.54) is 21.0 Å². The molecule has 15 nitrogen and oxygen atoms in total. The number of hydrogen-bond donors (Lipinski definition) is 4. The molecular weight excluding hydrogens is 780 g/mol. The van der Waals surface area contributed by atoms with Crippen molar-refractivity contribution in [2.24, 2.45) is 10.8 Å². The molecule has 0 amide bonds. The van der Waals surface area contributed by atoms with Crippen molar-refractivity contribution >= 4 is 23.9 Å². The summed E-state index contributed by atoms with van der Waals surface area (Å²) in [5.74, 6) is -2.23. The summed E-state index contributed by atoms with van der Waals surface area (Å²) in [6, 6.07) is 0. The van der Waals surface area contributed by atoms with Crippen LogP contribution in [0.2, 0.25) is 0 Å². The Morgan fingerprint density at radius 1 is 1.00 bits per heavy atom. The third-order valence-corrected chi connectivity index (χ3v) is 12.1. The van der Waals surface area contributed by atoms with Gasteiger partial charge in [-0.15, -0.1) is 0 Å². The average Bonchev–Trinajstić information content (AvgIpc) is 3.13. The van der Waals surface area contributed by atoms with E-state index in [2.05, 4.69) is 18.4 Å². The molecule has 0 aromatic heterocycles. The number of hydrogen-bond acceptors (Lipinski definition) is 15. The molecule has 0 spiro atoms. The molecule has 4 rings (SSSR count). The van der Waals surface area contributed by atoms with Crippen LogP contribution in [0.15, 0.2) is 36.0 Å². The van der Waals surface area contributed by atoms with Gasteiger partial charge >= 0.3 is 23.9 Å². The van der Waals surface area contributed by atoms with E-state index < -0.39 is 108 Å². The second kappa shape index (κ2) is 20.5. The van der Waals surface area contributed by atoms with Crippen LogP contribution in [0.4, 0.5) is 0 Å². The highest BCUT2D eigenvalue weighted by Gasteiger charge is 2.59. The molecule has 0 radical (unpaired) electrons. The molecule has 0 aromatic carbocycles. The summed E-state index contributed by atoms with van der Waals surface area (Å²) >= 11 is 0. The molecule has 3 saturated heterocycles. The molecule has 0 aliphatic carbocycles. The lowest BCUT2D eigenvalue weighted by Crippen LogP contribution is -2.62. The summed E-state index contributed by atoms with van der Waals surface area (Å²) < 4.78 is 41.6. The fourth-order valence-electron chi connectivity index (χ4n) is 8.39. The zero-order valence-electron chi connectivity index (χ0n) is 36.4. The first kappa shape index (κ1) is 49.0. The van der Waals surface area contributed by atoms with Gasteiger partial charge in [-0.05, 0) is 38.2 Å². The van der Waals surface area contributed by atoms with Gasteiger partial charge in [0.15, 0.2) is 11.9 Å².